The predicted molar refractivity (Wildman–Crippen MR) is 66.4 cm³/mol. The van der Waals surface area contributed by atoms with Crippen molar-refractivity contribution in [2.75, 3.05) is 13.1 Å². The fraction of sp³-hybridized carbons (Fsp3) is 0.583. The van der Waals surface area contributed by atoms with Crippen molar-refractivity contribution in [1.29, 1.82) is 0 Å². The molecule has 1 aromatic heterocycles. The number of thiophene rings is 1. The van der Waals surface area contributed by atoms with Crippen LogP contribution in [0.1, 0.15) is 35.0 Å². The summed E-state index contributed by atoms with van der Waals surface area (Å²) in [7, 11) is 0. The molecule has 94 valence electrons. The third-order valence-electron chi connectivity index (χ3n) is 3.27. The largest absolute Gasteiger partial charge is 0.477 e. The SMILES string of the molecule is CC1(O)CCN(Cc2ccsc2C(=O)O)CC1. The van der Waals surface area contributed by atoms with E-state index in [1.54, 1.807) is 0 Å². The molecule has 0 atom stereocenters. The van der Waals surface area contributed by atoms with Crippen LogP contribution < -0.4 is 0 Å². The summed E-state index contributed by atoms with van der Waals surface area (Å²) < 4.78 is 0. The van der Waals surface area contributed by atoms with Gasteiger partial charge in [-0.15, -0.1) is 11.3 Å². The van der Waals surface area contributed by atoms with Crippen LogP contribution in [0.4, 0.5) is 0 Å². The van der Waals surface area contributed by atoms with E-state index in [0.717, 1.165) is 31.5 Å². The Morgan fingerprint density at radius 3 is 2.76 bits per heavy atom. The minimum Gasteiger partial charge on any atom is -0.477 e. The molecule has 1 saturated heterocycles. The normalized spacial score (nSPS) is 20.4. The molecule has 2 rings (SSSR count). The van der Waals surface area contributed by atoms with Crippen molar-refractivity contribution >= 4 is 17.3 Å². The molecule has 1 aliphatic rings. The lowest BCUT2D eigenvalue weighted by Crippen LogP contribution is -2.42. The quantitative estimate of drug-likeness (QED) is 0.864. The fourth-order valence-corrected chi connectivity index (χ4v) is 2.83. The van der Waals surface area contributed by atoms with E-state index in [4.69, 9.17) is 5.11 Å². The van der Waals surface area contributed by atoms with Crippen LogP contribution in [-0.4, -0.2) is 39.8 Å². The summed E-state index contributed by atoms with van der Waals surface area (Å²) in [6.45, 7) is 4.17. The lowest BCUT2D eigenvalue weighted by atomic mass is 9.93. The van der Waals surface area contributed by atoms with Gasteiger partial charge in [-0.1, -0.05) is 0 Å². The van der Waals surface area contributed by atoms with Crippen LogP contribution in [0.5, 0.6) is 0 Å². The third-order valence-corrected chi connectivity index (χ3v) is 4.21. The maximum absolute atomic E-state index is 11.0. The molecule has 2 heterocycles. The highest BCUT2D eigenvalue weighted by Gasteiger charge is 2.27. The summed E-state index contributed by atoms with van der Waals surface area (Å²) in [5.41, 5.74) is 0.324. The van der Waals surface area contributed by atoms with Crippen molar-refractivity contribution in [3.8, 4) is 0 Å². The summed E-state index contributed by atoms with van der Waals surface area (Å²) in [6, 6.07) is 1.88. The molecule has 0 amide bonds. The summed E-state index contributed by atoms with van der Waals surface area (Å²) in [5.74, 6) is -0.848. The molecule has 1 aromatic rings. The highest BCUT2D eigenvalue weighted by Crippen LogP contribution is 2.24. The van der Waals surface area contributed by atoms with Gasteiger partial charge < -0.3 is 10.2 Å². The van der Waals surface area contributed by atoms with Crippen LogP contribution in [0.2, 0.25) is 0 Å². The first-order valence-electron chi connectivity index (χ1n) is 5.72. The lowest BCUT2D eigenvalue weighted by Gasteiger charge is -2.35. The Balaban J connectivity index is 1.98. The number of likely N-dealkylation sites (tertiary alicyclic amines) is 1. The fourth-order valence-electron chi connectivity index (χ4n) is 2.08. The van der Waals surface area contributed by atoms with Gasteiger partial charge in [-0.05, 0) is 36.8 Å². The van der Waals surface area contributed by atoms with Crippen LogP contribution in [0.25, 0.3) is 0 Å². The molecule has 17 heavy (non-hydrogen) atoms. The minimum absolute atomic E-state index is 0.433. The number of rotatable bonds is 3. The van der Waals surface area contributed by atoms with E-state index in [1.807, 2.05) is 18.4 Å². The number of aliphatic hydroxyl groups is 1. The highest BCUT2D eigenvalue weighted by molar-refractivity contribution is 7.12. The molecule has 0 unspecified atom stereocenters. The van der Waals surface area contributed by atoms with E-state index < -0.39 is 11.6 Å². The van der Waals surface area contributed by atoms with Gasteiger partial charge in [-0.2, -0.15) is 0 Å². The first-order chi connectivity index (χ1) is 7.98. The second-order valence-corrected chi connectivity index (χ2v) is 5.77. The van der Waals surface area contributed by atoms with Gasteiger partial charge in [0.15, 0.2) is 0 Å². The van der Waals surface area contributed by atoms with Gasteiger partial charge in [0.1, 0.15) is 4.88 Å². The standard InChI is InChI=1S/C12H17NO3S/c1-12(16)3-5-13(6-4-12)8-9-2-7-17-10(9)11(14)15/h2,7,16H,3-6,8H2,1H3,(H,14,15). The second-order valence-electron chi connectivity index (χ2n) is 4.85. The predicted octanol–water partition coefficient (Wildman–Crippen LogP) is 1.79. The lowest BCUT2D eigenvalue weighted by molar-refractivity contribution is -0.00738. The smallest absolute Gasteiger partial charge is 0.346 e. The Bertz CT molecular complexity index is 404. The number of carbonyl (C=O) groups is 1. The molecule has 5 heteroatoms. The minimum atomic E-state index is -0.848. The molecule has 4 nitrogen and oxygen atoms in total. The Morgan fingerprint density at radius 2 is 2.18 bits per heavy atom. The van der Waals surface area contributed by atoms with Crippen molar-refractivity contribution in [1.82, 2.24) is 4.90 Å². The number of piperidine rings is 1. The van der Waals surface area contributed by atoms with E-state index in [1.165, 1.54) is 11.3 Å². The Kier molecular flexibility index (Phi) is 3.51. The van der Waals surface area contributed by atoms with E-state index in [9.17, 15) is 9.90 Å². The van der Waals surface area contributed by atoms with Crippen LogP contribution in [0.3, 0.4) is 0 Å². The number of hydrogen-bond acceptors (Lipinski definition) is 4. The van der Waals surface area contributed by atoms with Crippen LogP contribution >= 0.6 is 11.3 Å². The number of nitrogens with zero attached hydrogens (tertiary/aromatic N) is 1. The summed E-state index contributed by atoms with van der Waals surface area (Å²) in [4.78, 5) is 13.6. The Morgan fingerprint density at radius 1 is 1.53 bits per heavy atom. The van der Waals surface area contributed by atoms with Crippen LogP contribution in [0.15, 0.2) is 11.4 Å². The van der Waals surface area contributed by atoms with Crippen molar-refractivity contribution in [2.24, 2.45) is 0 Å². The summed E-state index contributed by atoms with van der Waals surface area (Å²) >= 11 is 1.27. The molecule has 0 aromatic carbocycles. The average Bonchev–Trinajstić information content (AvgIpc) is 2.69. The zero-order valence-corrected chi connectivity index (χ0v) is 10.7. The van der Waals surface area contributed by atoms with E-state index in [-0.39, 0.29) is 0 Å². The van der Waals surface area contributed by atoms with Gasteiger partial charge in [-0.25, -0.2) is 4.79 Å². The van der Waals surface area contributed by atoms with Gasteiger partial charge in [-0.3, -0.25) is 4.90 Å². The van der Waals surface area contributed by atoms with Crippen LogP contribution in [-0.2, 0) is 6.54 Å². The van der Waals surface area contributed by atoms with E-state index in [2.05, 4.69) is 4.90 Å². The van der Waals surface area contributed by atoms with Gasteiger partial charge in [0.05, 0.1) is 5.60 Å². The molecule has 2 N–H and O–H groups in total. The topological polar surface area (TPSA) is 60.8 Å². The monoisotopic (exact) mass is 255 g/mol. The molecule has 1 fully saturated rings. The molecule has 0 saturated carbocycles. The average molecular weight is 255 g/mol. The summed E-state index contributed by atoms with van der Waals surface area (Å²) in [5, 5.41) is 20.7. The van der Waals surface area contributed by atoms with Crippen molar-refractivity contribution in [3.05, 3.63) is 21.9 Å². The number of hydrogen-bond donors (Lipinski definition) is 2. The number of aromatic carboxylic acids is 1. The van der Waals surface area contributed by atoms with Crippen LogP contribution in [0, 0.1) is 0 Å². The molecular formula is C12H17NO3S. The number of carboxylic acids is 1. The van der Waals surface area contributed by atoms with Gasteiger partial charge >= 0.3 is 5.97 Å². The molecular weight excluding hydrogens is 238 g/mol. The van der Waals surface area contributed by atoms with Gasteiger partial charge in [0.2, 0.25) is 0 Å². The Labute approximate surface area is 104 Å². The molecule has 0 bridgehead atoms. The van der Waals surface area contributed by atoms with E-state index in [0.29, 0.717) is 11.4 Å². The molecule has 1 aliphatic heterocycles. The maximum Gasteiger partial charge on any atom is 0.346 e. The highest BCUT2D eigenvalue weighted by atomic mass is 32.1. The number of carboxylic acid groups (broad SMARTS) is 1. The van der Waals surface area contributed by atoms with Crippen molar-refractivity contribution in [3.63, 3.8) is 0 Å². The van der Waals surface area contributed by atoms with Gasteiger partial charge in [0.25, 0.3) is 0 Å². The molecule has 0 spiro atoms. The third kappa shape index (κ3) is 3.06. The van der Waals surface area contributed by atoms with Crippen molar-refractivity contribution < 1.29 is 15.0 Å². The molecule has 0 radical (unpaired) electrons. The van der Waals surface area contributed by atoms with Gasteiger partial charge in [0, 0.05) is 19.6 Å². The maximum atomic E-state index is 11.0. The van der Waals surface area contributed by atoms with Crippen molar-refractivity contribution in [2.45, 2.75) is 31.9 Å². The molecule has 0 aliphatic carbocycles. The Hall–Kier alpha value is -0.910. The zero-order valence-electron chi connectivity index (χ0n) is 9.85. The first-order valence-corrected chi connectivity index (χ1v) is 6.60. The zero-order chi connectivity index (χ0) is 12.5. The second kappa shape index (κ2) is 4.76. The first kappa shape index (κ1) is 12.5. The summed E-state index contributed by atoms with van der Waals surface area (Å²) in [6.07, 6.45) is 1.50. The van der Waals surface area contributed by atoms with E-state index >= 15 is 0 Å².